The molecule has 0 saturated carbocycles. The van der Waals surface area contributed by atoms with E-state index in [4.69, 9.17) is 18.4 Å². The molecule has 126 valence electrons. The van der Waals surface area contributed by atoms with Crippen LogP contribution in [0.15, 0.2) is 29.2 Å². The highest BCUT2D eigenvalue weighted by Crippen LogP contribution is 2.39. The molecule has 0 spiro atoms. The van der Waals surface area contributed by atoms with Crippen LogP contribution in [-0.2, 0) is 33.3 Å². The molecule has 0 N–H and O–H groups in total. The molecule has 0 amide bonds. The zero-order valence-corrected chi connectivity index (χ0v) is 13.8. The number of carbonyl (C=O) groups is 1. The molecule has 2 saturated heterocycles. The molecule has 2 fully saturated rings. The third kappa shape index (κ3) is 3.17. The number of rotatable bonds is 4. The molecule has 2 aliphatic heterocycles. The lowest BCUT2D eigenvalue weighted by molar-refractivity contribution is -0.210. The van der Waals surface area contributed by atoms with Crippen LogP contribution in [0.3, 0.4) is 0 Å². The Morgan fingerprint density at radius 3 is 2.43 bits per heavy atom. The molecule has 0 radical (unpaired) electrons. The number of hydrogen-bond acceptors (Lipinski definition) is 7. The summed E-state index contributed by atoms with van der Waals surface area (Å²) in [6, 6.07) is 6.23. The van der Waals surface area contributed by atoms with Gasteiger partial charge in [0.2, 0.25) is 0 Å². The molecular weight excluding hydrogens is 324 g/mol. The van der Waals surface area contributed by atoms with Gasteiger partial charge < -0.3 is 19.0 Å². The van der Waals surface area contributed by atoms with Crippen molar-refractivity contribution >= 4 is 16.4 Å². The van der Waals surface area contributed by atoms with Crippen molar-refractivity contribution in [3.63, 3.8) is 0 Å². The third-order valence-electron chi connectivity index (χ3n) is 3.71. The third-order valence-corrected chi connectivity index (χ3v) is 5.03. The second-order valence-electron chi connectivity index (χ2n) is 6.03. The minimum Gasteiger partial charge on any atom is -0.339 e. The minimum atomic E-state index is -4.05. The number of ether oxygens (including phenoxy) is 3. The fourth-order valence-corrected chi connectivity index (χ4v) is 3.72. The predicted octanol–water partition coefficient (Wildman–Crippen LogP) is 1.14. The molecule has 23 heavy (non-hydrogen) atoms. The van der Waals surface area contributed by atoms with E-state index in [0.29, 0.717) is 6.29 Å². The van der Waals surface area contributed by atoms with Gasteiger partial charge in [-0.3, -0.25) is 4.18 Å². The number of aryl methyl sites for hydroxylation is 1. The smallest absolute Gasteiger partial charge is 0.297 e. The van der Waals surface area contributed by atoms with Crippen LogP contribution in [0.25, 0.3) is 0 Å². The quantitative estimate of drug-likeness (QED) is 0.599. The topological polar surface area (TPSA) is 88.1 Å². The standard InChI is InChI=1S/C15H18O7S/c1-9-4-6-10(7-5-9)23(17,18)22-12-11(8-16)19-14-13(12)20-15(2,3)21-14/h4-8,11-14H,1-3H3/t11-,12-,13-,14-/m1/s1. The summed E-state index contributed by atoms with van der Waals surface area (Å²) in [4.78, 5) is 11.2. The molecule has 4 atom stereocenters. The van der Waals surface area contributed by atoms with Crippen molar-refractivity contribution in [2.24, 2.45) is 0 Å². The van der Waals surface area contributed by atoms with Gasteiger partial charge >= 0.3 is 0 Å². The Kier molecular flexibility index (Phi) is 4.06. The van der Waals surface area contributed by atoms with Crippen molar-refractivity contribution < 1.29 is 31.6 Å². The first kappa shape index (κ1) is 16.5. The molecule has 3 rings (SSSR count). The van der Waals surface area contributed by atoms with Crippen molar-refractivity contribution in [1.29, 1.82) is 0 Å². The van der Waals surface area contributed by atoms with Crippen molar-refractivity contribution in [1.82, 2.24) is 0 Å². The van der Waals surface area contributed by atoms with E-state index in [2.05, 4.69) is 0 Å². The summed E-state index contributed by atoms with van der Waals surface area (Å²) in [6.07, 6.45) is -3.29. The lowest BCUT2D eigenvalue weighted by atomic mass is 10.1. The molecule has 2 aliphatic rings. The van der Waals surface area contributed by atoms with Crippen LogP contribution in [0.5, 0.6) is 0 Å². The Bertz CT molecular complexity index is 695. The molecule has 2 heterocycles. The fraction of sp³-hybridized carbons (Fsp3) is 0.533. The van der Waals surface area contributed by atoms with E-state index in [0.717, 1.165) is 5.56 Å². The predicted molar refractivity (Wildman–Crippen MR) is 78.0 cm³/mol. The molecule has 1 aromatic carbocycles. The van der Waals surface area contributed by atoms with Crippen molar-refractivity contribution in [3.05, 3.63) is 29.8 Å². The fourth-order valence-electron chi connectivity index (χ4n) is 2.63. The van der Waals surface area contributed by atoms with Crippen LogP contribution in [0.4, 0.5) is 0 Å². The first-order valence-electron chi connectivity index (χ1n) is 7.18. The molecular formula is C15H18O7S. The van der Waals surface area contributed by atoms with E-state index in [-0.39, 0.29) is 4.90 Å². The Morgan fingerprint density at radius 2 is 1.83 bits per heavy atom. The molecule has 8 heteroatoms. The van der Waals surface area contributed by atoms with Crippen molar-refractivity contribution in [3.8, 4) is 0 Å². The number of fused-ring (bicyclic) bond motifs is 1. The van der Waals surface area contributed by atoms with E-state index >= 15 is 0 Å². The summed E-state index contributed by atoms with van der Waals surface area (Å²) < 4.78 is 46.6. The number of benzene rings is 1. The zero-order valence-electron chi connectivity index (χ0n) is 13.0. The van der Waals surface area contributed by atoms with Gasteiger partial charge in [-0.15, -0.1) is 0 Å². The van der Waals surface area contributed by atoms with E-state index in [1.165, 1.54) is 12.1 Å². The highest BCUT2D eigenvalue weighted by atomic mass is 32.2. The summed E-state index contributed by atoms with van der Waals surface area (Å²) >= 11 is 0. The second-order valence-corrected chi connectivity index (χ2v) is 7.61. The van der Waals surface area contributed by atoms with Crippen LogP contribution in [0.1, 0.15) is 19.4 Å². The van der Waals surface area contributed by atoms with Crippen molar-refractivity contribution in [2.75, 3.05) is 0 Å². The van der Waals surface area contributed by atoms with Gasteiger partial charge in [-0.1, -0.05) is 17.7 Å². The molecule has 0 aliphatic carbocycles. The van der Waals surface area contributed by atoms with Crippen LogP contribution in [0.2, 0.25) is 0 Å². The van der Waals surface area contributed by atoms with E-state index in [1.54, 1.807) is 26.0 Å². The number of hydrogen-bond donors (Lipinski definition) is 0. The van der Waals surface area contributed by atoms with Crippen LogP contribution in [-0.4, -0.2) is 45.1 Å². The lowest BCUT2D eigenvalue weighted by Crippen LogP contribution is -2.39. The Labute approximate surface area is 134 Å². The minimum absolute atomic E-state index is 0.00868. The highest BCUT2D eigenvalue weighted by Gasteiger charge is 2.56. The first-order chi connectivity index (χ1) is 10.7. The monoisotopic (exact) mass is 342 g/mol. The largest absolute Gasteiger partial charge is 0.339 e. The van der Waals surface area contributed by atoms with Gasteiger partial charge in [0.15, 0.2) is 18.4 Å². The summed E-state index contributed by atoms with van der Waals surface area (Å²) in [5.41, 5.74) is 0.924. The van der Waals surface area contributed by atoms with Gasteiger partial charge in [-0.05, 0) is 32.9 Å². The van der Waals surface area contributed by atoms with Gasteiger partial charge in [0.05, 0.1) is 4.90 Å². The maximum absolute atomic E-state index is 12.4. The van der Waals surface area contributed by atoms with Gasteiger partial charge in [0, 0.05) is 0 Å². The SMILES string of the molecule is Cc1ccc(S(=O)(=O)O[C@H]2[C@H]3OC(C)(C)O[C@H]3O[C@@H]2C=O)cc1. The Balaban J connectivity index is 1.84. The summed E-state index contributed by atoms with van der Waals surface area (Å²) in [7, 11) is -4.05. The maximum atomic E-state index is 12.4. The lowest BCUT2D eigenvalue weighted by Gasteiger charge is -2.23. The maximum Gasteiger partial charge on any atom is 0.297 e. The normalized spacial score (nSPS) is 32.7. The zero-order chi connectivity index (χ0) is 16.8. The molecule has 7 nitrogen and oxygen atoms in total. The Morgan fingerprint density at radius 1 is 1.17 bits per heavy atom. The van der Waals surface area contributed by atoms with Gasteiger partial charge in [0.25, 0.3) is 10.1 Å². The van der Waals surface area contributed by atoms with Crippen LogP contribution in [0, 0.1) is 6.92 Å². The average molecular weight is 342 g/mol. The van der Waals surface area contributed by atoms with Gasteiger partial charge in [0.1, 0.15) is 18.3 Å². The molecule has 0 aromatic heterocycles. The van der Waals surface area contributed by atoms with E-state index < -0.39 is 40.5 Å². The molecule has 1 aromatic rings. The van der Waals surface area contributed by atoms with E-state index in [1.807, 2.05) is 6.92 Å². The molecule has 0 unspecified atom stereocenters. The van der Waals surface area contributed by atoms with Crippen molar-refractivity contribution in [2.45, 2.75) is 56.1 Å². The highest BCUT2D eigenvalue weighted by molar-refractivity contribution is 7.86. The second kappa shape index (κ2) is 5.64. The number of aldehydes is 1. The average Bonchev–Trinajstić information content (AvgIpc) is 2.92. The summed E-state index contributed by atoms with van der Waals surface area (Å²) in [6.45, 7) is 5.20. The Hall–Kier alpha value is -1.32. The summed E-state index contributed by atoms with van der Waals surface area (Å²) in [5.74, 6) is -0.932. The van der Waals surface area contributed by atoms with Crippen LogP contribution < -0.4 is 0 Å². The van der Waals surface area contributed by atoms with Crippen LogP contribution >= 0.6 is 0 Å². The van der Waals surface area contributed by atoms with Gasteiger partial charge in [-0.2, -0.15) is 8.42 Å². The first-order valence-corrected chi connectivity index (χ1v) is 8.59. The van der Waals surface area contributed by atoms with E-state index in [9.17, 15) is 13.2 Å². The summed E-state index contributed by atoms with van der Waals surface area (Å²) in [5, 5.41) is 0. The van der Waals surface area contributed by atoms with Gasteiger partial charge in [-0.25, -0.2) is 0 Å². The number of carbonyl (C=O) groups excluding carboxylic acids is 1. The molecule has 0 bridgehead atoms.